The number of fused-ring (bicyclic) bond motifs is 2. The van der Waals surface area contributed by atoms with Crippen LogP contribution in [-0.4, -0.2) is 33.1 Å². The van der Waals surface area contributed by atoms with Gasteiger partial charge in [-0.05, 0) is 48.0 Å². The Hall–Kier alpha value is -3.72. The van der Waals surface area contributed by atoms with Crippen molar-refractivity contribution < 1.29 is 27.1 Å². The summed E-state index contributed by atoms with van der Waals surface area (Å²) >= 11 is 0. The van der Waals surface area contributed by atoms with Gasteiger partial charge in [0.15, 0.2) is 9.84 Å². The topological polar surface area (TPSA) is 84.0 Å². The van der Waals surface area contributed by atoms with Gasteiger partial charge >= 0.3 is 0 Å². The van der Waals surface area contributed by atoms with Crippen LogP contribution in [0.1, 0.15) is 11.1 Å². The maximum Gasteiger partial charge on any atom is 0.274 e. The third-order valence-corrected chi connectivity index (χ3v) is 8.11. The van der Waals surface area contributed by atoms with Crippen molar-refractivity contribution in [2.45, 2.75) is 11.4 Å². The minimum atomic E-state index is -4.25. The van der Waals surface area contributed by atoms with Crippen LogP contribution in [0.5, 0.6) is 5.75 Å². The van der Waals surface area contributed by atoms with Gasteiger partial charge in [0.2, 0.25) is 5.91 Å². The third kappa shape index (κ3) is 2.96. The first-order valence-electron chi connectivity index (χ1n) is 10.1. The van der Waals surface area contributed by atoms with Crippen LogP contribution < -0.4 is 14.5 Å². The quantitative estimate of drug-likeness (QED) is 0.590. The Balaban J connectivity index is 1.70. The fourth-order valence-electron chi connectivity index (χ4n) is 4.55. The summed E-state index contributed by atoms with van der Waals surface area (Å²) in [5.41, 5.74) is 1.50. The molecule has 2 aliphatic heterocycles. The molecule has 0 unspecified atom stereocenters. The molecule has 0 aromatic heterocycles. The van der Waals surface area contributed by atoms with Crippen molar-refractivity contribution in [3.8, 4) is 5.75 Å². The Morgan fingerprint density at radius 1 is 0.970 bits per heavy atom. The molecular formula is C24H19FN2O5S. The van der Waals surface area contributed by atoms with Gasteiger partial charge in [-0.15, -0.1) is 0 Å². The van der Waals surface area contributed by atoms with Crippen LogP contribution in [0.2, 0.25) is 0 Å². The van der Waals surface area contributed by atoms with Crippen molar-refractivity contribution in [1.29, 1.82) is 0 Å². The smallest absolute Gasteiger partial charge is 0.274 e. The lowest BCUT2D eigenvalue weighted by molar-refractivity contribution is -0.123. The van der Waals surface area contributed by atoms with Crippen LogP contribution in [0, 0.1) is 5.82 Å². The summed E-state index contributed by atoms with van der Waals surface area (Å²) in [6.45, 7) is 0.0258. The van der Waals surface area contributed by atoms with Gasteiger partial charge in [-0.1, -0.05) is 30.3 Å². The van der Waals surface area contributed by atoms with Crippen LogP contribution in [0.15, 0.2) is 72.8 Å². The molecule has 7 nitrogen and oxygen atoms in total. The standard InChI is InChI=1S/C24H19FN2O5S/c1-32-19-12-10-18(11-13-19)27-22(28)15-33(30,31)24(27)20-4-2-3-5-21(20)26(23(24)29)14-16-6-8-17(25)9-7-16/h2-13H,14-15H2,1H3/t24-/m0/s1. The van der Waals surface area contributed by atoms with Gasteiger partial charge < -0.3 is 9.64 Å². The summed E-state index contributed by atoms with van der Waals surface area (Å²) in [6, 6.07) is 18.5. The molecule has 0 N–H and O–H groups in total. The lowest BCUT2D eigenvalue weighted by atomic mass is 10.0. The van der Waals surface area contributed by atoms with Gasteiger partial charge in [-0.3, -0.25) is 14.5 Å². The number of hydrogen-bond donors (Lipinski definition) is 0. The number of para-hydroxylation sites is 1. The average Bonchev–Trinajstić information content (AvgIpc) is 3.18. The van der Waals surface area contributed by atoms with E-state index >= 15 is 0 Å². The summed E-state index contributed by atoms with van der Waals surface area (Å²) in [5, 5.41) is 0. The zero-order valence-electron chi connectivity index (χ0n) is 17.6. The van der Waals surface area contributed by atoms with Crippen molar-refractivity contribution >= 4 is 33.0 Å². The first-order chi connectivity index (χ1) is 15.8. The molecule has 3 aromatic rings. The highest BCUT2D eigenvalue weighted by Crippen LogP contribution is 2.52. The van der Waals surface area contributed by atoms with E-state index in [0.717, 1.165) is 4.90 Å². The lowest BCUT2D eigenvalue weighted by Crippen LogP contribution is -2.54. The zero-order chi connectivity index (χ0) is 23.4. The number of rotatable bonds is 4. The van der Waals surface area contributed by atoms with Crippen molar-refractivity contribution in [1.82, 2.24) is 0 Å². The minimum Gasteiger partial charge on any atom is -0.497 e. The fraction of sp³-hybridized carbons (Fsp3) is 0.167. The van der Waals surface area contributed by atoms with E-state index in [0.29, 0.717) is 17.0 Å². The molecule has 168 valence electrons. The molecule has 1 atom stereocenters. The molecular weight excluding hydrogens is 447 g/mol. The van der Waals surface area contributed by atoms with E-state index < -0.39 is 38.1 Å². The normalized spacial score (nSPS) is 21.0. The molecule has 1 spiro atoms. The van der Waals surface area contributed by atoms with Crippen molar-refractivity contribution in [3.05, 3.63) is 89.7 Å². The highest BCUT2D eigenvalue weighted by molar-refractivity contribution is 7.94. The third-order valence-electron chi connectivity index (χ3n) is 6.01. The van der Waals surface area contributed by atoms with Gasteiger partial charge in [-0.25, -0.2) is 12.8 Å². The molecule has 0 bridgehead atoms. The molecule has 2 amide bonds. The van der Waals surface area contributed by atoms with E-state index in [2.05, 4.69) is 0 Å². The molecule has 2 heterocycles. The summed E-state index contributed by atoms with van der Waals surface area (Å²) in [6.07, 6.45) is 0. The Morgan fingerprint density at radius 3 is 2.30 bits per heavy atom. The summed E-state index contributed by atoms with van der Waals surface area (Å²) in [5.74, 6) is -2.11. The second-order valence-corrected chi connectivity index (χ2v) is 9.97. The number of nitrogens with zero attached hydrogens (tertiary/aromatic N) is 2. The monoisotopic (exact) mass is 466 g/mol. The van der Waals surface area contributed by atoms with Gasteiger partial charge in [0.1, 0.15) is 17.3 Å². The van der Waals surface area contributed by atoms with E-state index in [9.17, 15) is 22.4 Å². The lowest BCUT2D eigenvalue weighted by Gasteiger charge is -2.32. The van der Waals surface area contributed by atoms with Gasteiger partial charge in [-0.2, -0.15) is 0 Å². The predicted octanol–water partition coefficient (Wildman–Crippen LogP) is 3.00. The van der Waals surface area contributed by atoms with Crippen LogP contribution in [0.3, 0.4) is 0 Å². The summed E-state index contributed by atoms with van der Waals surface area (Å²) in [4.78, 5) is 27.3. The number of amides is 2. The number of methoxy groups -OCH3 is 1. The van der Waals surface area contributed by atoms with Gasteiger partial charge in [0.25, 0.3) is 10.8 Å². The highest BCUT2D eigenvalue weighted by Gasteiger charge is 2.69. The summed E-state index contributed by atoms with van der Waals surface area (Å²) < 4.78 is 45.6. The maximum absolute atomic E-state index is 14.0. The predicted molar refractivity (Wildman–Crippen MR) is 120 cm³/mol. The van der Waals surface area contributed by atoms with Crippen molar-refractivity contribution in [2.75, 3.05) is 22.7 Å². The molecule has 0 radical (unpaired) electrons. The number of carbonyl (C=O) groups excluding carboxylic acids is 2. The van der Waals surface area contributed by atoms with Crippen LogP contribution in [0.25, 0.3) is 0 Å². The molecule has 2 aliphatic rings. The Morgan fingerprint density at radius 2 is 1.64 bits per heavy atom. The molecule has 9 heteroatoms. The number of anilines is 2. The average molecular weight is 466 g/mol. The number of benzene rings is 3. The highest BCUT2D eigenvalue weighted by atomic mass is 32.2. The molecule has 0 aliphatic carbocycles. The summed E-state index contributed by atoms with van der Waals surface area (Å²) in [7, 11) is -2.76. The molecule has 1 saturated heterocycles. The Bertz CT molecular complexity index is 1370. The van der Waals surface area contributed by atoms with Gasteiger partial charge in [0, 0.05) is 11.3 Å². The van der Waals surface area contributed by atoms with E-state index in [1.54, 1.807) is 48.5 Å². The number of ether oxygens (including phenoxy) is 1. The van der Waals surface area contributed by atoms with Crippen molar-refractivity contribution in [2.24, 2.45) is 0 Å². The Labute approximate surface area is 189 Å². The number of halogens is 1. The van der Waals surface area contributed by atoms with Crippen molar-refractivity contribution in [3.63, 3.8) is 0 Å². The second-order valence-electron chi connectivity index (χ2n) is 7.87. The largest absolute Gasteiger partial charge is 0.497 e. The SMILES string of the molecule is COc1ccc(N2C(=O)CS(=O)(=O)[C@@]23C(=O)N(Cc2ccc(F)cc2)c2ccccc23)cc1. The first-order valence-corrected chi connectivity index (χ1v) is 11.8. The minimum absolute atomic E-state index is 0.0258. The molecule has 3 aromatic carbocycles. The first kappa shape index (κ1) is 21.1. The van der Waals surface area contributed by atoms with E-state index in [1.165, 1.54) is 36.3 Å². The second kappa shape index (κ2) is 7.41. The maximum atomic E-state index is 14.0. The van der Waals surface area contributed by atoms with Gasteiger partial charge in [0.05, 0.1) is 19.3 Å². The van der Waals surface area contributed by atoms with Crippen LogP contribution in [0.4, 0.5) is 15.8 Å². The number of sulfone groups is 1. The number of carbonyl (C=O) groups is 2. The number of hydrogen-bond acceptors (Lipinski definition) is 5. The molecule has 5 rings (SSSR count). The van der Waals surface area contributed by atoms with E-state index in [4.69, 9.17) is 4.74 Å². The zero-order valence-corrected chi connectivity index (χ0v) is 18.4. The fourth-order valence-corrected chi connectivity index (χ4v) is 6.58. The van der Waals surface area contributed by atoms with Crippen LogP contribution >= 0.6 is 0 Å². The van der Waals surface area contributed by atoms with E-state index in [1.807, 2.05) is 0 Å². The molecule has 0 saturated carbocycles. The molecule has 33 heavy (non-hydrogen) atoms. The molecule has 1 fully saturated rings. The van der Waals surface area contributed by atoms with Crippen LogP contribution in [-0.2, 0) is 30.8 Å². The Kier molecular flexibility index (Phi) is 4.75. The van der Waals surface area contributed by atoms with E-state index in [-0.39, 0.29) is 17.8 Å².